The summed E-state index contributed by atoms with van der Waals surface area (Å²) in [6.45, 7) is 0.897. The molecule has 31 heavy (non-hydrogen) atoms. The van der Waals surface area contributed by atoms with Crippen LogP contribution in [0.2, 0.25) is 0 Å². The molecule has 1 fully saturated rings. The third-order valence-electron chi connectivity index (χ3n) is 5.59. The maximum Gasteiger partial charge on any atom is 0.251 e. The van der Waals surface area contributed by atoms with Crippen LogP contribution in [0.1, 0.15) is 15.9 Å². The van der Waals surface area contributed by atoms with Crippen molar-refractivity contribution in [1.29, 1.82) is 0 Å². The molecule has 5 rings (SSSR count). The third kappa shape index (κ3) is 3.74. The summed E-state index contributed by atoms with van der Waals surface area (Å²) in [6, 6.07) is 10.0. The number of pyridine rings is 1. The van der Waals surface area contributed by atoms with Gasteiger partial charge in [0.15, 0.2) is 0 Å². The molecule has 8 nitrogen and oxygen atoms in total. The van der Waals surface area contributed by atoms with Gasteiger partial charge in [-0.3, -0.25) is 4.79 Å². The highest BCUT2D eigenvalue weighted by atomic mass is 19.1. The lowest BCUT2D eigenvalue weighted by atomic mass is 10.1. The highest BCUT2D eigenvalue weighted by molar-refractivity contribution is 5.94. The predicted molar refractivity (Wildman–Crippen MR) is 113 cm³/mol. The van der Waals surface area contributed by atoms with Crippen molar-refractivity contribution in [2.45, 2.75) is 18.6 Å². The van der Waals surface area contributed by atoms with Crippen LogP contribution in [0.4, 0.5) is 16.2 Å². The average Bonchev–Trinajstić information content (AvgIpc) is 3.15. The molecule has 9 heteroatoms. The molecule has 0 spiro atoms. The van der Waals surface area contributed by atoms with Gasteiger partial charge < -0.3 is 21.1 Å². The van der Waals surface area contributed by atoms with E-state index in [-0.39, 0.29) is 17.8 Å². The molecule has 0 bridgehead atoms. The van der Waals surface area contributed by atoms with Crippen molar-refractivity contribution in [1.82, 2.24) is 20.3 Å². The monoisotopic (exact) mass is 420 g/mol. The molecule has 158 valence electrons. The predicted octanol–water partition coefficient (Wildman–Crippen LogP) is 2.23. The molecule has 3 atom stereocenters. The summed E-state index contributed by atoms with van der Waals surface area (Å²) in [5.74, 6) is 0.964. The van der Waals surface area contributed by atoms with Crippen molar-refractivity contribution < 1.29 is 13.9 Å². The Labute approximate surface area is 178 Å². The summed E-state index contributed by atoms with van der Waals surface area (Å²) in [5.41, 5.74) is 8.52. The van der Waals surface area contributed by atoms with Gasteiger partial charge in [0.2, 0.25) is 5.95 Å². The van der Waals surface area contributed by atoms with Crippen molar-refractivity contribution in [3.8, 4) is 17.0 Å². The van der Waals surface area contributed by atoms with Gasteiger partial charge in [-0.05, 0) is 18.2 Å². The van der Waals surface area contributed by atoms with E-state index in [4.69, 9.17) is 10.5 Å². The van der Waals surface area contributed by atoms with Crippen LogP contribution in [0.3, 0.4) is 0 Å². The first kappa shape index (κ1) is 19.2. The number of carbonyl (C=O) groups excluding carboxylic acids is 1. The Hall–Kier alpha value is -3.75. The van der Waals surface area contributed by atoms with Crippen molar-refractivity contribution in [2.75, 3.05) is 24.2 Å². The van der Waals surface area contributed by atoms with Crippen LogP contribution in [-0.4, -0.2) is 46.2 Å². The van der Waals surface area contributed by atoms with Gasteiger partial charge in [0.05, 0.1) is 23.9 Å². The standard InChI is InChI=1S/C22H21FN6O2/c23-17-15(18(17)29-21(30)12-4-2-1-3-5-12)11-27-20-13-7-9-31-19(13)14(10-26-20)16-6-8-25-22(24)28-16/h1-6,8,10,15,17-18H,7,9,11H2,(H,26,27)(H,29,30)(H2,24,25,28)/t15?,17-,18+/m1/s1. The highest BCUT2D eigenvalue weighted by Gasteiger charge is 2.52. The topological polar surface area (TPSA) is 115 Å². The van der Waals surface area contributed by atoms with Gasteiger partial charge in [-0.1, -0.05) is 18.2 Å². The molecule has 1 saturated carbocycles. The Kier molecular flexibility index (Phi) is 4.85. The number of nitrogens with zero attached hydrogens (tertiary/aromatic N) is 3. The number of amides is 1. The number of rotatable bonds is 6. The Bertz CT molecular complexity index is 1130. The van der Waals surface area contributed by atoms with Gasteiger partial charge in [0.1, 0.15) is 17.7 Å². The number of ether oxygens (including phenoxy) is 1. The molecule has 2 aliphatic rings. The molecular formula is C22H21FN6O2. The minimum Gasteiger partial charge on any atom is -0.492 e. The Morgan fingerprint density at radius 3 is 2.87 bits per heavy atom. The first-order valence-electron chi connectivity index (χ1n) is 10.1. The number of hydrogen-bond donors (Lipinski definition) is 3. The normalized spacial score (nSPS) is 21.1. The van der Waals surface area contributed by atoms with Crippen LogP contribution >= 0.6 is 0 Å². The number of nitrogen functional groups attached to an aromatic ring is 1. The zero-order chi connectivity index (χ0) is 21.4. The SMILES string of the molecule is Nc1nccc(-c2cnc(NCC3[C@@H](F)[C@H]3NC(=O)c3ccccc3)c3c2OCC3)n1. The lowest BCUT2D eigenvalue weighted by Gasteiger charge is -2.12. The first-order valence-corrected chi connectivity index (χ1v) is 10.1. The van der Waals surface area contributed by atoms with E-state index in [2.05, 4.69) is 25.6 Å². The number of nitrogens with one attached hydrogen (secondary N) is 2. The van der Waals surface area contributed by atoms with Gasteiger partial charge in [-0.15, -0.1) is 0 Å². The van der Waals surface area contributed by atoms with E-state index in [1.54, 1.807) is 42.7 Å². The van der Waals surface area contributed by atoms with E-state index in [9.17, 15) is 9.18 Å². The lowest BCUT2D eigenvalue weighted by molar-refractivity contribution is 0.0946. The molecule has 1 aromatic carbocycles. The maximum absolute atomic E-state index is 14.3. The third-order valence-corrected chi connectivity index (χ3v) is 5.59. The summed E-state index contributed by atoms with van der Waals surface area (Å²) < 4.78 is 20.1. The number of fused-ring (bicyclic) bond motifs is 1. The molecule has 1 amide bonds. The van der Waals surface area contributed by atoms with Crippen LogP contribution in [0.5, 0.6) is 5.75 Å². The fraction of sp³-hybridized carbons (Fsp3) is 0.273. The second-order valence-electron chi connectivity index (χ2n) is 7.58. The van der Waals surface area contributed by atoms with Crippen molar-refractivity contribution in [3.63, 3.8) is 0 Å². The number of alkyl halides is 1. The van der Waals surface area contributed by atoms with Gasteiger partial charge in [-0.25, -0.2) is 19.3 Å². The Morgan fingerprint density at radius 1 is 1.23 bits per heavy atom. The average molecular weight is 420 g/mol. The van der Waals surface area contributed by atoms with E-state index in [0.29, 0.717) is 42.4 Å². The van der Waals surface area contributed by atoms with E-state index in [0.717, 1.165) is 11.1 Å². The zero-order valence-electron chi connectivity index (χ0n) is 16.6. The molecule has 2 aromatic heterocycles. The number of halogens is 1. The molecule has 4 N–H and O–H groups in total. The summed E-state index contributed by atoms with van der Waals surface area (Å²) in [5, 5.41) is 6.00. The zero-order valence-corrected chi connectivity index (χ0v) is 16.6. The molecular weight excluding hydrogens is 399 g/mol. The Balaban J connectivity index is 1.26. The van der Waals surface area contributed by atoms with E-state index >= 15 is 0 Å². The van der Waals surface area contributed by atoms with Crippen molar-refractivity contribution in [3.05, 3.63) is 59.9 Å². The van der Waals surface area contributed by atoms with Crippen molar-refractivity contribution in [2.24, 2.45) is 5.92 Å². The molecule has 0 saturated heterocycles. The molecule has 0 radical (unpaired) electrons. The van der Waals surface area contributed by atoms with E-state index in [1.165, 1.54) is 0 Å². The summed E-state index contributed by atoms with van der Waals surface area (Å²) in [7, 11) is 0. The maximum atomic E-state index is 14.3. The number of benzene rings is 1. The quantitative estimate of drug-likeness (QED) is 0.560. The Morgan fingerprint density at radius 2 is 2.06 bits per heavy atom. The minimum absolute atomic E-state index is 0.178. The highest BCUT2D eigenvalue weighted by Crippen LogP contribution is 2.40. The summed E-state index contributed by atoms with van der Waals surface area (Å²) in [6.07, 6.45) is 2.86. The van der Waals surface area contributed by atoms with E-state index < -0.39 is 12.2 Å². The van der Waals surface area contributed by atoms with Gasteiger partial charge in [0.25, 0.3) is 5.91 Å². The van der Waals surface area contributed by atoms with Crippen LogP contribution in [0.15, 0.2) is 48.8 Å². The number of nitrogens with two attached hydrogens (primary N) is 1. The number of aromatic nitrogens is 3. The van der Waals surface area contributed by atoms with Gasteiger partial charge in [0, 0.05) is 42.4 Å². The van der Waals surface area contributed by atoms with Gasteiger partial charge in [-0.2, -0.15) is 0 Å². The minimum atomic E-state index is -1.09. The largest absolute Gasteiger partial charge is 0.492 e. The molecule has 3 heterocycles. The molecule has 3 aromatic rings. The van der Waals surface area contributed by atoms with Crippen LogP contribution in [0.25, 0.3) is 11.3 Å². The second-order valence-corrected chi connectivity index (χ2v) is 7.58. The fourth-order valence-corrected chi connectivity index (χ4v) is 3.84. The van der Waals surface area contributed by atoms with Crippen LogP contribution in [0, 0.1) is 5.92 Å². The smallest absolute Gasteiger partial charge is 0.251 e. The molecule has 1 aliphatic carbocycles. The van der Waals surface area contributed by atoms with Crippen LogP contribution < -0.4 is 21.1 Å². The van der Waals surface area contributed by atoms with Crippen LogP contribution in [-0.2, 0) is 6.42 Å². The van der Waals surface area contributed by atoms with E-state index in [1.807, 2.05) is 6.07 Å². The lowest BCUT2D eigenvalue weighted by Crippen LogP contribution is -2.28. The second kappa shape index (κ2) is 7.82. The molecule has 1 unspecified atom stereocenters. The number of anilines is 2. The summed E-state index contributed by atoms with van der Waals surface area (Å²) >= 11 is 0. The fourth-order valence-electron chi connectivity index (χ4n) is 3.84. The van der Waals surface area contributed by atoms with Crippen molar-refractivity contribution >= 4 is 17.7 Å². The van der Waals surface area contributed by atoms with Gasteiger partial charge >= 0.3 is 0 Å². The first-order chi connectivity index (χ1) is 15.1. The molecule has 1 aliphatic heterocycles. The number of carbonyl (C=O) groups is 1. The number of hydrogen-bond acceptors (Lipinski definition) is 7. The summed E-state index contributed by atoms with van der Waals surface area (Å²) in [4.78, 5) is 24.9.